The number of anilines is 1. The summed E-state index contributed by atoms with van der Waals surface area (Å²) in [6, 6.07) is 13.3. The van der Waals surface area contributed by atoms with Gasteiger partial charge >= 0.3 is 0 Å². The van der Waals surface area contributed by atoms with E-state index in [9.17, 15) is 0 Å². The number of nitrogens with zero attached hydrogens (tertiary/aromatic N) is 1. The highest BCUT2D eigenvalue weighted by atomic mass is 15.1. The van der Waals surface area contributed by atoms with Crippen LogP contribution in [0.4, 0.5) is 5.69 Å². The number of para-hydroxylation sites is 1. The maximum Gasteiger partial charge on any atom is 0.0579 e. The lowest BCUT2D eigenvalue weighted by molar-refractivity contribution is 0.683. The highest BCUT2D eigenvalue weighted by Crippen LogP contribution is 2.27. The summed E-state index contributed by atoms with van der Waals surface area (Å²) in [5.74, 6) is 0. The van der Waals surface area contributed by atoms with Crippen molar-refractivity contribution in [3.05, 3.63) is 53.3 Å². The van der Waals surface area contributed by atoms with Crippen LogP contribution in [0.25, 0.3) is 0 Å². The van der Waals surface area contributed by atoms with Crippen molar-refractivity contribution in [2.45, 2.75) is 45.6 Å². The molecule has 3 rings (SSSR count). The second-order valence-corrected chi connectivity index (χ2v) is 5.77. The Morgan fingerprint density at radius 1 is 1.15 bits per heavy atom. The molecular formula is C18H26N2. The minimum Gasteiger partial charge on any atom is -0.365 e. The average molecular weight is 270 g/mol. The van der Waals surface area contributed by atoms with Gasteiger partial charge in [-0.1, -0.05) is 31.5 Å². The molecule has 20 heavy (non-hydrogen) atoms. The molecule has 2 aromatic rings. The zero-order valence-electron chi connectivity index (χ0n) is 12.4. The van der Waals surface area contributed by atoms with Crippen LogP contribution in [0.15, 0.2) is 36.4 Å². The van der Waals surface area contributed by atoms with Crippen molar-refractivity contribution in [1.82, 2.24) is 4.98 Å². The molecule has 1 N–H and O–H groups in total. The van der Waals surface area contributed by atoms with Crippen LogP contribution in [0, 0.1) is 0 Å². The summed E-state index contributed by atoms with van der Waals surface area (Å²) in [5.41, 5.74) is 5.64. The number of nitrogens with one attached hydrogen (secondary N) is 1. The van der Waals surface area contributed by atoms with Gasteiger partial charge in [0.15, 0.2) is 0 Å². The fraction of sp³-hybridized carbons (Fsp3) is 0.444. The van der Waals surface area contributed by atoms with Gasteiger partial charge in [0.1, 0.15) is 0 Å². The Bertz CT molecular complexity index is 562. The van der Waals surface area contributed by atoms with E-state index in [1.54, 1.807) is 0 Å². The van der Waals surface area contributed by atoms with Crippen molar-refractivity contribution in [3.8, 4) is 0 Å². The van der Waals surface area contributed by atoms with Crippen molar-refractivity contribution in [3.63, 3.8) is 0 Å². The monoisotopic (exact) mass is 270 g/mol. The maximum absolute atomic E-state index is 3.58. The molecule has 0 aliphatic carbocycles. The fourth-order valence-electron chi connectivity index (χ4n) is 3.08. The van der Waals surface area contributed by atoms with Crippen molar-refractivity contribution < 1.29 is 1.43 Å². The van der Waals surface area contributed by atoms with Gasteiger partial charge < -0.3 is 9.88 Å². The normalized spacial score (nSPS) is 14.3. The van der Waals surface area contributed by atoms with E-state index in [0.29, 0.717) is 0 Å². The predicted octanol–water partition coefficient (Wildman–Crippen LogP) is 4.56. The summed E-state index contributed by atoms with van der Waals surface area (Å²) < 4.78 is 0. The Hall–Kier alpha value is -1.70. The number of aryl methyl sites for hydroxylation is 2. The lowest BCUT2D eigenvalue weighted by Crippen LogP contribution is -2.28. The van der Waals surface area contributed by atoms with Crippen LogP contribution < -0.4 is 4.90 Å². The van der Waals surface area contributed by atoms with Crippen molar-refractivity contribution in [2.24, 2.45) is 0 Å². The van der Waals surface area contributed by atoms with Gasteiger partial charge in [0.05, 0.1) is 6.54 Å². The number of benzene rings is 1. The first-order chi connectivity index (χ1) is 9.86. The molecule has 0 saturated carbocycles. The van der Waals surface area contributed by atoms with Gasteiger partial charge in [-0.25, -0.2) is 0 Å². The van der Waals surface area contributed by atoms with Crippen LogP contribution in [0.2, 0.25) is 0 Å². The molecule has 0 atom stereocenters. The van der Waals surface area contributed by atoms with Crippen LogP contribution in [0.1, 0.15) is 44.6 Å². The lowest BCUT2D eigenvalue weighted by atomic mass is 10.0. The molecule has 1 aromatic carbocycles. The van der Waals surface area contributed by atoms with E-state index in [-0.39, 0.29) is 1.43 Å². The van der Waals surface area contributed by atoms with E-state index in [4.69, 9.17) is 0 Å². The van der Waals surface area contributed by atoms with Gasteiger partial charge in [-0.2, -0.15) is 0 Å². The first-order valence-corrected chi connectivity index (χ1v) is 7.86. The number of H-pyrrole nitrogens is 1. The summed E-state index contributed by atoms with van der Waals surface area (Å²) in [7, 11) is 0. The van der Waals surface area contributed by atoms with Crippen LogP contribution in [-0.4, -0.2) is 11.5 Å². The number of hydrogen-bond acceptors (Lipinski definition) is 1. The third kappa shape index (κ3) is 2.90. The molecule has 0 unspecified atom stereocenters. The molecule has 0 radical (unpaired) electrons. The smallest absolute Gasteiger partial charge is 0.0579 e. The molecule has 1 aliphatic heterocycles. The van der Waals surface area contributed by atoms with E-state index in [0.717, 1.165) is 6.54 Å². The number of fused-ring (bicyclic) bond motifs is 1. The summed E-state index contributed by atoms with van der Waals surface area (Å²) in [5, 5.41) is 0. The Balaban J connectivity index is 0.00000161. The van der Waals surface area contributed by atoms with Gasteiger partial charge in [-0.05, 0) is 49.4 Å². The van der Waals surface area contributed by atoms with E-state index in [2.05, 4.69) is 53.2 Å². The largest absolute Gasteiger partial charge is 0.365 e. The van der Waals surface area contributed by atoms with Gasteiger partial charge in [-0.3, -0.25) is 0 Å². The van der Waals surface area contributed by atoms with E-state index in [1.165, 1.54) is 61.3 Å². The minimum absolute atomic E-state index is 0. The highest BCUT2D eigenvalue weighted by molar-refractivity contribution is 5.55. The lowest BCUT2D eigenvalue weighted by Gasteiger charge is -2.30. The van der Waals surface area contributed by atoms with Crippen LogP contribution in [0.5, 0.6) is 0 Å². The molecule has 0 saturated heterocycles. The Morgan fingerprint density at radius 2 is 2.00 bits per heavy atom. The average Bonchev–Trinajstić information content (AvgIpc) is 2.93. The number of hydrogen-bond donors (Lipinski definition) is 1. The first-order valence-electron chi connectivity index (χ1n) is 7.86. The second-order valence-electron chi connectivity index (χ2n) is 5.77. The number of unbranched alkanes of at least 4 members (excludes halogenated alkanes) is 1. The number of aromatic amines is 1. The van der Waals surface area contributed by atoms with E-state index >= 15 is 0 Å². The summed E-state index contributed by atoms with van der Waals surface area (Å²) in [6.45, 7) is 4.41. The van der Waals surface area contributed by atoms with E-state index < -0.39 is 0 Å². The van der Waals surface area contributed by atoms with Crippen LogP contribution >= 0.6 is 0 Å². The molecule has 0 fully saturated rings. The third-order valence-electron chi connectivity index (χ3n) is 4.17. The van der Waals surface area contributed by atoms with Gasteiger partial charge in [-0.15, -0.1) is 0 Å². The summed E-state index contributed by atoms with van der Waals surface area (Å²) >= 11 is 0. The van der Waals surface area contributed by atoms with E-state index in [1.807, 2.05) is 0 Å². The first kappa shape index (κ1) is 13.3. The molecule has 0 bridgehead atoms. The quantitative estimate of drug-likeness (QED) is 0.844. The molecule has 2 heterocycles. The summed E-state index contributed by atoms with van der Waals surface area (Å²) in [4.78, 5) is 6.09. The predicted molar refractivity (Wildman–Crippen MR) is 87.3 cm³/mol. The Labute approximate surface area is 123 Å². The molecular weight excluding hydrogens is 244 g/mol. The van der Waals surface area contributed by atoms with Crippen molar-refractivity contribution >= 4 is 5.69 Å². The fourth-order valence-corrected chi connectivity index (χ4v) is 3.08. The number of aromatic nitrogens is 1. The standard InChI is InChI=1S/C18H24N2.H2/c1-2-3-9-16-11-12-17(19-16)14-20-13-6-8-15-7-4-5-10-18(15)20;/h4-5,7,10-12,19H,2-3,6,8-9,13-14H2,1H3;1H. The number of rotatable bonds is 5. The zero-order valence-corrected chi connectivity index (χ0v) is 12.4. The molecule has 0 amide bonds. The van der Waals surface area contributed by atoms with Gasteiger partial charge in [0.25, 0.3) is 0 Å². The zero-order chi connectivity index (χ0) is 13.8. The van der Waals surface area contributed by atoms with Gasteiger partial charge in [0.2, 0.25) is 0 Å². The highest BCUT2D eigenvalue weighted by Gasteiger charge is 2.16. The van der Waals surface area contributed by atoms with Gasteiger partial charge in [0, 0.05) is 25.0 Å². The molecule has 2 heteroatoms. The molecule has 1 aliphatic rings. The molecule has 2 nitrogen and oxygen atoms in total. The molecule has 0 spiro atoms. The van der Waals surface area contributed by atoms with Crippen molar-refractivity contribution in [1.29, 1.82) is 0 Å². The van der Waals surface area contributed by atoms with Crippen LogP contribution in [0.3, 0.4) is 0 Å². The minimum atomic E-state index is 0. The Morgan fingerprint density at radius 3 is 2.90 bits per heavy atom. The summed E-state index contributed by atoms with van der Waals surface area (Å²) in [6.07, 6.45) is 6.19. The maximum atomic E-state index is 3.58. The second kappa shape index (κ2) is 6.17. The molecule has 108 valence electrons. The van der Waals surface area contributed by atoms with Crippen molar-refractivity contribution in [2.75, 3.05) is 11.4 Å². The topological polar surface area (TPSA) is 19.0 Å². The Kier molecular flexibility index (Phi) is 4.10. The third-order valence-corrected chi connectivity index (χ3v) is 4.17. The molecule has 1 aromatic heterocycles. The van der Waals surface area contributed by atoms with Crippen LogP contribution in [-0.2, 0) is 19.4 Å². The SMILES string of the molecule is CCCCc1ccc(CN2CCCc3ccccc32)[nH]1.[HH].